The number of aryl methyl sites for hydroxylation is 4. The van der Waals surface area contributed by atoms with Gasteiger partial charge in [-0.05, 0) is 13.8 Å². The highest BCUT2D eigenvalue weighted by molar-refractivity contribution is 6.17. The van der Waals surface area contributed by atoms with Gasteiger partial charge in [-0.1, -0.05) is 0 Å². The molecule has 3 rings (SSSR count). The maximum absolute atomic E-state index is 5.87. The van der Waals surface area contributed by atoms with Gasteiger partial charge in [0.1, 0.15) is 23.6 Å². The zero-order chi connectivity index (χ0) is 14.3. The van der Waals surface area contributed by atoms with Gasteiger partial charge >= 0.3 is 0 Å². The van der Waals surface area contributed by atoms with Crippen molar-refractivity contribution in [2.45, 2.75) is 26.8 Å². The highest BCUT2D eigenvalue weighted by atomic mass is 35.5. The van der Waals surface area contributed by atoms with Crippen molar-refractivity contribution < 1.29 is 4.42 Å². The molecule has 0 saturated heterocycles. The average molecular weight is 294 g/mol. The molecule has 0 bridgehead atoms. The van der Waals surface area contributed by atoms with E-state index in [0.29, 0.717) is 24.7 Å². The van der Waals surface area contributed by atoms with Gasteiger partial charge in [-0.2, -0.15) is 5.10 Å². The molecule has 0 aliphatic rings. The molecule has 106 valence electrons. The van der Waals surface area contributed by atoms with Gasteiger partial charge in [0.2, 0.25) is 5.89 Å². The number of nitrogens with zero attached hydrogens (tertiary/aromatic N) is 5. The first-order valence-corrected chi connectivity index (χ1v) is 6.99. The van der Waals surface area contributed by atoms with Gasteiger partial charge in [0, 0.05) is 19.3 Å². The fourth-order valence-corrected chi connectivity index (χ4v) is 2.60. The van der Waals surface area contributed by atoms with Crippen LogP contribution in [0.3, 0.4) is 0 Å². The molecule has 3 aromatic rings. The number of oxazole rings is 1. The lowest BCUT2D eigenvalue weighted by Gasteiger charge is -2.06. The van der Waals surface area contributed by atoms with E-state index in [1.54, 1.807) is 6.20 Å². The van der Waals surface area contributed by atoms with E-state index in [0.717, 1.165) is 28.4 Å². The van der Waals surface area contributed by atoms with Gasteiger partial charge < -0.3 is 8.98 Å². The van der Waals surface area contributed by atoms with Gasteiger partial charge in [-0.25, -0.2) is 9.97 Å². The van der Waals surface area contributed by atoms with Crippen LogP contribution < -0.4 is 0 Å². The van der Waals surface area contributed by atoms with Crippen LogP contribution in [-0.4, -0.2) is 30.2 Å². The third kappa shape index (κ3) is 2.10. The lowest BCUT2D eigenvalue weighted by Crippen LogP contribution is -2.09. The SMILES string of the molecule is Cc1cnc(Cn2c(CCCl)nc3c(C)nn(C)c32)o1. The number of imidazole rings is 1. The number of alkyl halides is 1. The molecule has 7 heteroatoms. The van der Waals surface area contributed by atoms with Gasteiger partial charge in [0.15, 0.2) is 5.65 Å². The number of fused-ring (bicyclic) bond motifs is 1. The fraction of sp³-hybridized carbons (Fsp3) is 0.462. The number of aromatic nitrogens is 5. The van der Waals surface area contributed by atoms with Crippen LogP contribution in [0.25, 0.3) is 11.2 Å². The Labute approximate surface area is 121 Å². The molecule has 0 aliphatic carbocycles. The molecule has 0 unspecified atom stereocenters. The van der Waals surface area contributed by atoms with Gasteiger partial charge in [-0.15, -0.1) is 11.6 Å². The fourth-order valence-electron chi connectivity index (χ4n) is 2.43. The minimum absolute atomic E-state index is 0.528. The zero-order valence-corrected chi connectivity index (χ0v) is 12.5. The molecule has 0 saturated carbocycles. The summed E-state index contributed by atoms with van der Waals surface area (Å²) in [5.74, 6) is 2.93. The van der Waals surface area contributed by atoms with E-state index < -0.39 is 0 Å². The molecule has 3 heterocycles. The summed E-state index contributed by atoms with van der Waals surface area (Å²) in [6, 6.07) is 0. The van der Waals surface area contributed by atoms with E-state index >= 15 is 0 Å². The minimum Gasteiger partial charge on any atom is -0.444 e. The second-order valence-electron chi connectivity index (χ2n) is 4.80. The van der Waals surface area contributed by atoms with Crippen molar-refractivity contribution in [3.63, 3.8) is 0 Å². The summed E-state index contributed by atoms with van der Waals surface area (Å²) < 4.78 is 9.47. The van der Waals surface area contributed by atoms with E-state index in [-0.39, 0.29) is 0 Å². The molecule has 3 aromatic heterocycles. The van der Waals surface area contributed by atoms with Crippen molar-refractivity contribution in [3.8, 4) is 0 Å². The van der Waals surface area contributed by atoms with Crippen molar-refractivity contribution in [3.05, 3.63) is 29.4 Å². The molecule has 20 heavy (non-hydrogen) atoms. The standard InChI is InChI=1S/C13H16ClN5O/c1-8-6-15-11(20-8)7-19-10(4-5-14)16-12-9(2)17-18(3)13(12)19/h6H,4-5,7H2,1-3H3. The Kier molecular flexibility index (Phi) is 3.25. The van der Waals surface area contributed by atoms with Crippen LogP contribution in [0.1, 0.15) is 23.2 Å². The number of hydrogen-bond acceptors (Lipinski definition) is 4. The third-order valence-corrected chi connectivity index (χ3v) is 3.44. The van der Waals surface area contributed by atoms with Crippen LogP contribution in [-0.2, 0) is 20.0 Å². The Bertz CT molecular complexity index is 754. The molecule has 0 spiro atoms. The first-order valence-electron chi connectivity index (χ1n) is 6.46. The number of hydrogen-bond donors (Lipinski definition) is 0. The molecule has 0 fully saturated rings. The summed E-state index contributed by atoms with van der Waals surface area (Å²) in [6.07, 6.45) is 2.43. The normalized spacial score (nSPS) is 11.6. The number of halogens is 1. The average Bonchev–Trinajstić information content (AvgIpc) is 3.02. The van der Waals surface area contributed by atoms with Crippen molar-refractivity contribution >= 4 is 22.8 Å². The van der Waals surface area contributed by atoms with Crippen LogP contribution >= 0.6 is 11.6 Å². The highest BCUT2D eigenvalue weighted by Gasteiger charge is 2.18. The van der Waals surface area contributed by atoms with E-state index in [9.17, 15) is 0 Å². The van der Waals surface area contributed by atoms with Gasteiger partial charge in [-0.3, -0.25) is 4.68 Å². The highest BCUT2D eigenvalue weighted by Crippen LogP contribution is 2.21. The third-order valence-electron chi connectivity index (χ3n) is 3.25. The molecule has 0 aromatic carbocycles. The van der Waals surface area contributed by atoms with Crippen molar-refractivity contribution in [2.75, 3.05) is 5.88 Å². The molecular weight excluding hydrogens is 278 g/mol. The molecular formula is C13H16ClN5O. The van der Waals surface area contributed by atoms with E-state index in [2.05, 4.69) is 19.6 Å². The zero-order valence-electron chi connectivity index (χ0n) is 11.7. The molecule has 0 atom stereocenters. The molecule has 0 aliphatic heterocycles. The second kappa shape index (κ2) is 4.94. The Morgan fingerprint density at radius 1 is 1.35 bits per heavy atom. The van der Waals surface area contributed by atoms with Crippen molar-refractivity contribution in [1.29, 1.82) is 0 Å². The maximum atomic E-state index is 5.87. The summed E-state index contributed by atoms with van der Waals surface area (Å²) >= 11 is 5.87. The van der Waals surface area contributed by atoms with E-state index in [1.165, 1.54) is 0 Å². The van der Waals surface area contributed by atoms with Crippen molar-refractivity contribution in [1.82, 2.24) is 24.3 Å². The van der Waals surface area contributed by atoms with Crippen LogP contribution in [0, 0.1) is 13.8 Å². The summed E-state index contributed by atoms with van der Waals surface area (Å²) in [4.78, 5) is 8.91. The van der Waals surface area contributed by atoms with Crippen molar-refractivity contribution in [2.24, 2.45) is 7.05 Å². The Morgan fingerprint density at radius 2 is 2.15 bits per heavy atom. The van der Waals surface area contributed by atoms with E-state index in [1.807, 2.05) is 25.6 Å². The first kappa shape index (κ1) is 13.2. The Morgan fingerprint density at radius 3 is 2.80 bits per heavy atom. The lowest BCUT2D eigenvalue weighted by molar-refractivity contribution is 0.455. The Hall–Kier alpha value is -1.82. The molecule has 0 radical (unpaired) electrons. The van der Waals surface area contributed by atoms with Crippen LogP contribution in [0.4, 0.5) is 0 Å². The quantitative estimate of drug-likeness (QED) is 0.692. The summed E-state index contributed by atoms with van der Waals surface area (Å²) in [5.41, 5.74) is 2.80. The maximum Gasteiger partial charge on any atom is 0.214 e. The van der Waals surface area contributed by atoms with Gasteiger partial charge in [0.05, 0.1) is 11.9 Å². The first-order chi connectivity index (χ1) is 9.60. The topological polar surface area (TPSA) is 61.7 Å². The monoisotopic (exact) mass is 293 g/mol. The number of rotatable bonds is 4. The predicted octanol–water partition coefficient (Wildman–Crippen LogP) is 2.20. The molecule has 0 amide bonds. The van der Waals surface area contributed by atoms with E-state index in [4.69, 9.17) is 16.0 Å². The predicted molar refractivity (Wildman–Crippen MR) is 76.0 cm³/mol. The smallest absolute Gasteiger partial charge is 0.214 e. The molecule has 6 nitrogen and oxygen atoms in total. The molecule has 0 N–H and O–H groups in total. The summed E-state index contributed by atoms with van der Waals surface area (Å²) in [5, 5.41) is 4.41. The summed E-state index contributed by atoms with van der Waals surface area (Å²) in [6.45, 7) is 4.38. The second-order valence-corrected chi connectivity index (χ2v) is 5.18. The Balaban J connectivity index is 2.12. The van der Waals surface area contributed by atoms with Crippen LogP contribution in [0.5, 0.6) is 0 Å². The largest absolute Gasteiger partial charge is 0.444 e. The van der Waals surface area contributed by atoms with Gasteiger partial charge in [0.25, 0.3) is 0 Å². The van der Waals surface area contributed by atoms with Crippen LogP contribution in [0.15, 0.2) is 10.6 Å². The minimum atomic E-state index is 0.528. The lowest BCUT2D eigenvalue weighted by atomic mass is 10.4. The summed E-state index contributed by atoms with van der Waals surface area (Å²) in [7, 11) is 1.92. The van der Waals surface area contributed by atoms with Crippen LogP contribution in [0.2, 0.25) is 0 Å².